The van der Waals surface area contributed by atoms with Gasteiger partial charge in [-0.25, -0.2) is 0 Å². The van der Waals surface area contributed by atoms with Crippen molar-refractivity contribution < 1.29 is 0 Å². The van der Waals surface area contributed by atoms with Crippen LogP contribution in [0.25, 0.3) is 0 Å². The third kappa shape index (κ3) is 22.2. The summed E-state index contributed by atoms with van der Waals surface area (Å²) in [4.78, 5) is 0. The molecule has 0 aromatic heterocycles. The van der Waals surface area contributed by atoms with Gasteiger partial charge in [0.1, 0.15) is 0 Å². The van der Waals surface area contributed by atoms with Crippen molar-refractivity contribution in [3.05, 3.63) is 0 Å². The van der Waals surface area contributed by atoms with Gasteiger partial charge in [0.2, 0.25) is 0 Å². The molecule has 0 fully saturated rings. The summed E-state index contributed by atoms with van der Waals surface area (Å²) in [5.41, 5.74) is 0. The van der Waals surface area contributed by atoms with Crippen LogP contribution in [0.4, 0.5) is 0 Å². The van der Waals surface area contributed by atoms with Crippen LogP contribution in [0.5, 0.6) is 0 Å². The summed E-state index contributed by atoms with van der Waals surface area (Å²) in [6.07, 6.45) is 27.5. The molecule has 0 heteroatoms. The van der Waals surface area contributed by atoms with Crippen LogP contribution < -0.4 is 0 Å². The first-order valence-electron chi connectivity index (χ1n) is 14.1. The second kappa shape index (κ2) is 23.2. The van der Waals surface area contributed by atoms with Crippen molar-refractivity contribution in [3.63, 3.8) is 0 Å². The molecule has 0 nitrogen and oxygen atoms in total. The Bertz CT molecular complexity index is 385. The first-order valence-corrected chi connectivity index (χ1v) is 14.1. The molecule has 0 spiro atoms. The summed E-state index contributed by atoms with van der Waals surface area (Å²) in [6, 6.07) is 0. The van der Waals surface area contributed by atoms with Gasteiger partial charge in [-0.15, -0.1) is 11.8 Å². The highest BCUT2D eigenvalue weighted by Gasteiger charge is 2.04. The Kier molecular flexibility index (Phi) is 22.9. The van der Waals surface area contributed by atoms with Crippen LogP contribution >= 0.6 is 0 Å². The Balaban J connectivity index is 3.39. The number of hydrogen-bond acceptors (Lipinski definition) is 0. The van der Waals surface area contributed by atoms with Gasteiger partial charge >= 0.3 is 0 Å². The van der Waals surface area contributed by atoms with E-state index in [-0.39, 0.29) is 0 Å². The molecule has 0 radical (unpaired) electrons. The minimum absolute atomic E-state index is 0.858. The first-order chi connectivity index (χ1) is 14.6. The molecule has 0 aliphatic heterocycles. The fourth-order valence-corrected chi connectivity index (χ4v) is 4.43. The molecule has 0 saturated heterocycles. The molecule has 178 valence electrons. The van der Waals surface area contributed by atoms with Crippen LogP contribution in [-0.2, 0) is 0 Å². The van der Waals surface area contributed by atoms with Gasteiger partial charge in [-0.05, 0) is 30.6 Å². The van der Waals surface area contributed by atoms with Crippen molar-refractivity contribution in [1.82, 2.24) is 0 Å². The standard InChI is InChI=1S/C30H58/c1-6-8-22-28(3)24-18-15-13-11-10-12-14-16-19-25-30(5)27-21-17-20-26-29(4)23-9-7-2/h28-30H,6-13,15,17-27H2,1-5H3. The van der Waals surface area contributed by atoms with E-state index < -0.39 is 0 Å². The molecule has 30 heavy (non-hydrogen) atoms. The molecule has 0 aliphatic rings. The lowest BCUT2D eigenvalue weighted by Gasteiger charge is -2.12. The lowest BCUT2D eigenvalue weighted by Crippen LogP contribution is -1.96. The largest absolute Gasteiger partial charge is 0.103 e. The molecule has 0 heterocycles. The summed E-state index contributed by atoms with van der Waals surface area (Å²) in [5, 5.41) is 0. The van der Waals surface area contributed by atoms with Gasteiger partial charge in [0, 0.05) is 12.8 Å². The molecule has 0 rings (SSSR count). The Morgan fingerprint density at radius 3 is 1.30 bits per heavy atom. The van der Waals surface area contributed by atoms with Gasteiger partial charge in [0.15, 0.2) is 0 Å². The molecule has 0 amide bonds. The van der Waals surface area contributed by atoms with Crippen LogP contribution in [0.2, 0.25) is 0 Å². The molecule has 0 aliphatic carbocycles. The second-order valence-corrected chi connectivity index (χ2v) is 10.4. The maximum absolute atomic E-state index is 3.44. The number of rotatable bonds is 21. The smallest absolute Gasteiger partial charge is 0.00912 e. The van der Waals surface area contributed by atoms with Crippen LogP contribution in [0, 0.1) is 29.6 Å². The zero-order chi connectivity index (χ0) is 22.3. The Morgan fingerprint density at radius 1 is 0.400 bits per heavy atom. The minimum atomic E-state index is 0.858. The third-order valence-corrected chi connectivity index (χ3v) is 6.88. The topological polar surface area (TPSA) is 0 Å². The summed E-state index contributed by atoms with van der Waals surface area (Å²) >= 11 is 0. The zero-order valence-electron chi connectivity index (χ0n) is 21.9. The maximum Gasteiger partial charge on any atom is 0.00912 e. The van der Waals surface area contributed by atoms with Crippen molar-refractivity contribution in [1.29, 1.82) is 0 Å². The van der Waals surface area contributed by atoms with E-state index in [1.807, 2.05) is 0 Å². The van der Waals surface area contributed by atoms with Crippen molar-refractivity contribution >= 4 is 0 Å². The van der Waals surface area contributed by atoms with Gasteiger partial charge in [-0.3, -0.25) is 0 Å². The predicted molar refractivity (Wildman–Crippen MR) is 139 cm³/mol. The number of unbranched alkanes of at least 4 members (excludes halogenated alkanes) is 9. The average molecular weight is 419 g/mol. The van der Waals surface area contributed by atoms with E-state index >= 15 is 0 Å². The summed E-state index contributed by atoms with van der Waals surface area (Å²) in [6.45, 7) is 11.9. The van der Waals surface area contributed by atoms with E-state index in [1.54, 1.807) is 0 Å². The van der Waals surface area contributed by atoms with Crippen molar-refractivity contribution in [2.45, 2.75) is 163 Å². The fraction of sp³-hybridized carbons (Fsp3) is 0.933. The fourth-order valence-electron chi connectivity index (χ4n) is 4.43. The second-order valence-electron chi connectivity index (χ2n) is 10.4. The summed E-state index contributed by atoms with van der Waals surface area (Å²) in [5.74, 6) is 9.61. The van der Waals surface area contributed by atoms with E-state index in [0.29, 0.717) is 0 Å². The van der Waals surface area contributed by atoms with E-state index in [4.69, 9.17) is 0 Å². The summed E-state index contributed by atoms with van der Waals surface area (Å²) < 4.78 is 0. The first kappa shape index (κ1) is 29.6. The molecule has 0 bridgehead atoms. The number of hydrogen-bond donors (Lipinski definition) is 0. The van der Waals surface area contributed by atoms with Crippen LogP contribution in [0.15, 0.2) is 0 Å². The van der Waals surface area contributed by atoms with Crippen molar-refractivity contribution in [2.75, 3.05) is 0 Å². The maximum atomic E-state index is 3.44. The molecule has 0 N–H and O–H groups in total. The zero-order valence-corrected chi connectivity index (χ0v) is 21.9. The molecule has 3 unspecified atom stereocenters. The predicted octanol–water partition coefficient (Wildman–Crippen LogP) is 10.7. The SMILES string of the molecule is CCCCC(C)CCCCCCCC#CCCC(C)CCCCCC(C)CCCC. The molecule has 0 saturated carbocycles. The lowest BCUT2D eigenvalue weighted by atomic mass is 9.94. The average Bonchev–Trinajstić information content (AvgIpc) is 2.74. The molecule has 3 atom stereocenters. The Hall–Kier alpha value is -0.440. The van der Waals surface area contributed by atoms with Gasteiger partial charge in [-0.1, -0.05) is 137 Å². The van der Waals surface area contributed by atoms with Crippen molar-refractivity contribution in [3.8, 4) is 11.8 Å². The minimum Gasteiger partial charge on any atom is -0.103 e. The molecule has 0 aromatic rings. The van der Waals surface area contributed by atoms with Gasteiger partial charge in [0.25, 0.3) is 0 Å². The van der Waals surface area contributed by atoms with Crippen LogP contribution in [0.3, 0.4) is 0 Å². The third-order valence-electron chi connectivity index (χ3n) is 6.88. The highest BCUT2D eigenvalue weighted by atomic mass is 14.1. The lowest BCUT2D eigenvalue weighted by molar-refractivity contribution is 0.422. The molecular formula is C30H58. The van der Waals surface area contributed by atoms with Crippen LogP contribution in [-0.4, -0.2) is 0 Å². The van der Waals surface area contributed by atoms with E-state index in [9.17, 15) is 0 Å². The van der Waals surface area contributed by atoms with Crippen molar-refractivity contribution in [2.24, 2.45) is 17.8 Å². The molecular weight excluding hydrogens is 360 g/mol. The Labute approximate surface area is 192 Å². The quantitative estimate of drug-likeness (QED) is 0.128. The van der Waals surface area contributed by atoms with Gasteiger partial charge in [-0.2, -0.15) is 0 Å². The van der Waals surface area contributed by atoms with Gasteiger partial charge < -0.3 is 0 Å². The summed E-state index contributed by atoms with van der Waals surface area (Å²) in [7, 11) is 0. The normalized spacial score (nSPS) is 14.2. The van der Waals surface area contributed by atoms with E-state index in [0.717, 1.165) is 30.6 Å². The van der Waals surface area contributed by atoms with Gasteiger partial charge in [0.05, 0.1) is 0 Å². The monoisotopic (exact) mass is 418 g/mol. The Morgan fingerprint density at radius 2 is 0.767 bits per heavy atom. The highest BCUT2D eigenvalue weighted by Crippen LogP contribution is 2.19. The van der Waals surface area contributed by atoms with E-state index in [2.05, 4.69) is 46.5 Å². The van der Waals surface area contributed by atoms with E-state index in [1.165, 1.54) is 116 Å². The van der Waals surface area contributed by atoms with Crippen LogP contribution in [0.1, 0.15) is 163 Å². The molecule has 0 aromatic carbocycles. The highest BCUT2D eigenvalue weighted by molar-refractivity contribution is 4.98.